The van der Waals surface area contributed by atoms with Crippen LogP contribution in [0.3, 0.4) is 0 Å². The molecule has 0 spiro atoms. The number of carbonyl (C=O) groups excluding carboxylic acids is 1. The molecule has 0 saturated heterocycles. The molecule has 38 heavy (non-hydrogen) atoms. The maximum atomic E-state index is 13.4. The Labute approximate surface area is 226 Å². The first-order chi connectivity index (χ1) is 18.0. The minimum Gasteiger partial charge on any atom is -0.483 e. The van der Waals surface area contributed by atoms with Crippen LogP contribution in [0.5, 0.6) is 5.75 Å². The lowest BCUT2D eigenvalue weighted by atomic mass is 9.95. The van der Waals surface area contributed by atoms with Crippen LogP contribution < -0.4 is 15.6 Å². The van der Waals surface area contributed by atoms with Crippen molar-refractivity contribution in [2.75, 3.05) is 11.9 Å². The molecule has 1 aromatic heterocycles. The molecule has 0 unspecified atom stereocenters. The Morgan fingerprint density at radius 3 is 2.58 bits per heavy atom. The molecule has 11 heteroatoms. The zero-order valence-corrected chi connectivity index (χ0v) is 22.4. The van der Waals surface area contributed by atoms with Crippen molar-refractivity contribution in [3.05, 3.63) is 103 Å². The summed E-state index contributed by atoms with van der Waals surface area (Å²) in [5.74, 6) is 0.182. The second kappa shape index (κ2) is 10.9. The number of anilines is 1. The normalized spacial score (nSPS) is 11.6. The lowest BCUT2D eigenvalue weighted by molar-refractivity contribution is -0.384. The van der Waals surface area contributed by atoms with Gasteiger partial charge in [0, 0.05) is 33.3 Å². The molecule has 1 N–H and O–H groups in total. The van der Waals surface area contributed by atoms with Crippen molar-refractivity contribution in [1.82, 2.24) is 9.66 Å². The Morgan fingerprint density at radius 2 is 1.89 bits per heavy atom. The summed E-state index contributed by atoms with van der Waals surface area (Å²) in [7, 11) is 0. The van der Waals surface area contributed by atoms with Crippen molar-refractivity contribution >= 4 is 50.3 Å². The molecule has 194 valence electrons. The third-order valence-electron chi connectivity index (χ3n) is 5.41. The number of halogens is 1. The van der Waals surface area contributed by atoms with Gasteiger partial charge in [0.15, 0.2) is 6.61 Å². The zero-order valence-electron chi connectivity index (χ0n) is 20.8. The molecule has 4 rings (SSSR count). The van der Waals surface area contributed by atoms with Crippen molar-refractivity contribution < 1.29 is 14.5 Å². The molecular formula is C27H24BrN5O5. The van der Waals surface area contributed by atoms with Crippen LogP contribution in [0.2, 0.25) is 0 Å². The SMILES string of the molecule is CC(C)(C)c1nc2ccc(Br)cc2c(=O)n1N=Cc1cc([N+](=O)[O-])ccc1OCC(=O)Nc1ccccc1. The van der Waals surface area contributed by atoms with E-state index in [1.54, 1.807) is 42.5 Å². The van der Waals surface area contributed by atoms with Gasteiger partial charge in [0.25, 0.3) is 17.2 Å². The van der Waals surface area contributed by atoms with Crippen LogP contribution >= 0.6 is 15.9 Å². The molecule has 0 fully saturated rings. The van der Waals surface area contributed by atoms with Gasteiger partial charge in [-0.1, -0.05) is 54.9 Å². The number of non-ortho nitro benzene ring substituents is 1. The summed E-state index contributed by atoms with van der Waals surface area (Å²) in [4.78, 5) is 41.3. The first kappa shape index (κ1) is 26.7. The Balaban J connectivity index is 1.71. The van der Waals surface area contributed by atoms with E-state index in [1.165, 1.54) is 29.1 Å². The standard InChI is InChI=1S/C27H24BrN5O5/c1-27(2,3)26-31-22-11-9-18(28)14-21(22)25(35)32(26)29-15-17-13-20(33(36)37)10-12-23(17)38-16-24(34)30-19-7-5-4-6-8-19/h4-15H,16H2,1-3H3,(H,30,34). The van der Waals surface area contributed by atoms with E-state index >= 15 is 0 Å². The fourth-order valence-electron chi connectivity index (χ4n) is 3.60. The van der Waals surface area contributed by atoms with E-state index in [-0.39, 0.29) is 23.6 Å². The number of nitro groups is 1. The number of rotatable bonds is 7. The van der Waals surface area contributed by atoms with E-state index < -0.39 is 21.8 Å². The first-order valence-electron chi connectivity index (χ1n) is 11.6. The average molecular weight is 578 g/mol. The quantitative estimate of drug-likeness (QED) is 0.181. The van der Waals surface area contributed by atoms with Gasteiger partial charge in [-0.05, 0) is 36.4 Å². The number of nitrogens with one attached hydrogen (secondary N) is 1. The van der Waals surface area contributed by atoms with Crippen molar-refractivity contribution in [3.63, 3.8) is 0 Å². The molecule has 3 aromatic carbocycles. The molecule has 0 saturated carbocycles. The van der Waals surface area contributed by atoms with Crippen molar-refractivity contribution in [3.8, 4) is 5.75 Å². The van der Waals surface area contributed by atoms with Crippen LogP contribution in [0.15, 0.2) is 81.1 Å². The van der Waals surface area contributed by atoms with Gasteiger partial charge in [0.05, 0.1) is 22.0 Å². The number of hydrogen-bond donors (Lipinski definition) is 1. The average Bonchev–Trinajstić information content (AvgIpc) is 2.87. The number of amides is 1. The summed E-state index contributed by atoms with van der Waals surface area (Å²) in [6, 6.07) is 18.0. The van der Waals surface area contributed by atoms with Crippen molar-refractivity contribution in [1.29, 1.82) is 0 Å². The van der Waals surface area contributed by atoms with Gasteiger partial charge in [0.2, 0.25) is 0 Å². The maximum absolute atomic E-state index is 13.4. The fourth-order valence-corrected chi connectivity index (χ4v) is 3.97. The van der Waals surface area contributed by atoms with Gasteiger partial charge in [-0.15, -0.1) is 0 Å². The predicted octanol–water partition coefficient (Wildman–Crippen LogP) is 5.26. The van der Waals surface area contributed by atoms with Gasteiger partial charge >= 0.3 is 0 Å². The maximum Gasteiger partial charge on any atom is 0.282 e. The topological polar surface area (TPSA) is 129 Å². The molecule has 0 atom stereocenters. The van der Waals surface area contributed by atoms with Gasteiger partial charge in [-0.25, -0.2) is 4.98 Å². The largest absolute Gasteiger partial charge is 0.483 e. The molecular weight excluding hydrogens is 554 g/mol. The number of fused-ring (bicyclic) bond motifs is 1. The summed E-state index contributed by atoms with van der Waals surface area (Å²) >= 11 is 3.38. The number of nitro benzene ring substituents is 1. The summed E-state index contributed by atoms with van der Waals surface area (Å²) in [6.45, 7) is 5.36. The van der Waals surface area contributed by atoms with E-state index in [9.17, 15) is 19.7 Å². The van der Waals surface area contributed by atoms with E-state index in [2.05, 4.69) is 31.3 Å². The lowest BCUT2D eigenvalue weighted by Gasteiger charge is -2.21. The zero-order chi connectivity index (χ0) is 27.4. The third kappa shape index (κ3) is 6.12. The van der Waals surface area contributed by atoms with Crippen LogP contribution in [0.1, 0.15) is 32.2 Å². The number of benzene rings is 3. The molecule has 0 aliphatic heterocycles. The van der Waals surface area contributed by atoms with Crippen LogP contribution in [-0.4, -0.2) is 33.3 Å². The minimum atomic E-state index is -0.551. The molecule has 0 aliphatic rings. The molecule has 4 aromatic rings. The second-order valence-corrected chi connectivity index (χ2v) is 10.3. The molecule has 1 heterocycles. The Kier molecular flexibility index (Phi) is 7.67. The monoisotopic (exact) mass is 577 g/mol. The molecule has 1 amide bonds. The van der Waals surface area contributed by atoms with Gasteiger partial charge < -0.3 is 10.1 Å². The van der Waals surface area contributed by atoms with Gasteiger partial charge in [0.1, 0.15) is 11.6 Å². The first-order valence-corrected chi connectivity index (χ1v) is 12.4. The number of aromatic nitrogens is 2. The number of ether oxygens (including phenoxy) is 1. The van der Waals surface area contributed by atoms with Gasteiger partial charge in [-0.2, -0.15) is 9.78 Å². The van der Waals surface area contributed by atoms with Crippen LogP contribution in [0, 0.1) is 10.1 Å². The number of carbonyl (C=O) groups is 1. The molecule has 0 radical (unpaired) electrons. The highest BCUT2D eigenvalue weighted by Crippen LogP contribution is 2.25. The fraction of sp³-hybridized carbons (Fsp3) is 0.185. The summed E-state index contributed by atoms with van der Waals surface area (Å²) < 4.78 is 7.57. The Hall–Kier alpha value is -4.38. The lowest BCUT2D eigenvalue weighted by Crippen LogP contribution is -2.29. The molecule has 0 bridgehead atoms. The van der Waals surface area contributed by atoms with E-state index in [1.807, 2.05) is 26.8 Å². The van der Waals surface area contributed by atoms with Crippen molar-refractivity contribution in [2.24, 2.45) is 5.10 Å². The summed E-state index contributed by atoms with van der Waals surface area (Å²) in [6.07, 6.45) is 1.29. The second-order valence-electron chi connectivity index (χ2n) is 9.39. The number of hydrogen-bond acceptors (Lipinski definition) is 7. The minimum absolute atomic E-state index is 0.185. The van der Waals surface area contributed by atoms with E-state index in [0.29, 0.717) is 26.9 Å². The number of nitrogens with zero attached hydrogens (tertiary/aromatic N) is 4. The van der Waals surface area contributed by atoms with E-state index in [4.69, 9.17) is 4.74 Å². The van der Waals surface area contributed by atoms with Crippen LogP contribution in [-0.2, 0) is 10.2 Å². The summed E-state index contributed by atoms with van der Waals surface area (Å²) in [5.41, 5.74) is 0.210. The Bertz CT molecular complexity index is 1610. The molecule has 10 nitrogen and oxygen atoms in total. The summed E-state index contributed by atoms with van der Waals surface area (Å²) in [5, 5.41) is 18.9. The highest BCUT2D eigenvalue weighted by Gasteiger charge is 2.23. The van der Waals surface area contributed by atoms with E-state index in [0.717, 1.165) is 0 Å². The number of para-hydroxylation sites is 1. The molecule has 0 aliphatic carbocycles. The predicted molar refractivity (Wildman–Crippen MR) is 149 cm³/mol. The van der Waals surface area contributed by atoms with Crippen LogP contribution in [0.4, 0.5) is 11.4 Å². The smallest absolute Gasteiger partial charge is 0.282 e. The highest BCUT2D eigenvalue weighted by molar-refractivity contribution is 9.10. The van der Waals surface area contributed by atoms with Crippen molar-refractivity contribution in [2.45, 2.75) is 26.2 Å². The highest BCUT2D eigenvalue weighted by atomic mass is 79.9. The van der Waals surface area contributed by atoms with Gasteiger partial charge in [-0.3, -0.25) is 19.7 Å². The Morgan fingerprint density at radius 1 is 1.16 bits per heavy atom. The third-order valence-corrected chi connectivity index (χ3v) is 5.91. The van der Waals surface area contributed by atoms with Crippen LogP contribution in [0.25, 0.3) is 10.9 Å².